The highest BCUT2D eigenvalue weighted by Crippen LogP contribution is 2.19. The maximum Gasteiger partial charge on any atom is 0.311 e. The Kier molecular flexibility index (Phi) is 8.39. The second-order valence-corrected chi connectivity index (χ2v) is 7.66. The molecule has 0 heterocycles. The number of hydrogen-bond acceptors (Lipinski definition) is 5. The van der Waals surface area contributed by atoms with E-state index in [4.69, 9.17) is 14.2 Å². The van der Waals surface area contributed by atoms with Crippen molar-refractivity contribution < 1.29 is 24.1 Å². The topological polar surface area (TPSA) is 65.0 Å². The van der Waals surface area contributed by atoms with Gasteiger partial charge in [0.1, 0.15) is 5.75 Å². The molecule has 0 aliphatic rings. The minimum Gasteiger partial charge on any atom is -0.497 e. The minimum atomic E-state index is -0.594. The van der Waals surface area contributed by atoms with Gasteiger partial charge in [0.2, 0.25) is 0 Å². The molecule has 1 N–H and O–H groups in total. The number of hydrogen-bond donors (Lipinski definition) is 1. The standard InChI is InChI=1S/C20H32O5/c1-14(11-24-13-16-7-9-17(23-6)10-8-16)18(21)15(2)12-25-19(22)20(3,4)5/h7-10,14-15,18,21H,11-13H2,1-6H3/t14-,15-,18+/m0/s1. The molecule has 1 rings (SSSR count). The maximum absolute atomic E-state index is 11.8. The van der Waals surface area contributed by atoms with Crippen LogP contribution in [0.15, 0.2) is 24.3 Å². The quantitative estimate of drug-likeness (QED) is 0.690. The average molecular weight is 352 g/mol. The fraction of sp³-hybridized carbons (Fsp3) is 0.650. The Balaban J connectivity index is 2.34. The van der Waals surface area contributed by atoms with Gasteiger partial charge in [-0.25, -0.2) is 0 Å². The number of aliphatic hydroxyl groups excluding tert-OH is 1. The van der Waals surface area contributed by atoms with Crippen LogP contribution in [-0.2, 0) is 20.9 Å². The summed E-state index contributed by atoms with van der Waals surface area (Å²) in [6.07, 6.45) is -0.594. The monoisotopic (exact) mass is 352 g/mol. The highest BCUT2D eigenvalue weighted by atomic mass is 16.5. The molecule has 0 radical (unpaired) electrons. The first-order valence-electron chi connectivity index (χ1n) is 8.71. The van der Waals surface area contributed by atoms with Crippen molar-refractivity contribution in [2.75, 3.05) is 20.3 Å². The minimum absolute atomic E-state index is 0.0541. The number of methoxy groups -OCH3 is 1. The first-order valence-corrected chi connectivity index (χ1v) is 8.71. The SMILES string of the molecule is COc1ccc(COC[C@H](C)[C@@H](O)[C@@H](C)COC(=O)C(C)(C)C)cc1. The van der Waals surface area contributed by atoms with E-state index < -0.39 is 11.5 Å². The predicted octanol–water partition coefficient (Wildman–Crippen LogP) is 3.43. The zero-order valence-electron chi connectivity index (χ0n) is 16.2. The fourth-order valence-corrected chi connectivity index (χ4v) is 2.27. The molecule has 0 aromatic heterocycles. The molecule has 25 heavy (non-hydrogen) atoms. The van der Waals surface area contributed by atoms with Gasteiger partial charge in [-0.15, -0.1) is 0 Å². The Morgan fingerprint density at radius 3 is 2.16 bits per heavy atom. The summed E-state index contributed by atoms with van der Waals surface area (Å²) in [6, 6.07) is 7.69. The largest absolute Gasteiger partial charge is 0.497 e. The number of carbonyl (C=O) groups excluding carboxylic acids is 1. The van der Waals surface area contributed by atoms with Crippen LogP contribution in [0.1, 0.15) is 40.2 Å². The molecule has 142 valence electrons. The van der Waals surface area contributed by atoms with Crippen LogP contribution >= 0.6 is 0 Å². The molecule has 1 aromatic carbocycles. The van der Waals surface area contributed by atoms with Gasteiger partial charge in [-0.3, -0.25) is 4.79 Å². The van der Waals surface area contributed by atoms with Crippen molar-refractivity contribution in [1.82, 2.24) is 0 Å². The Morgan fingerprint density at radius 2 is 1.64 bits per heavy atom. The molecule has 1 aromatic rings. The molecule has 5 heteroatoms. The van der Waals surface area contributed by atoms with E-state index >= 15 is 0 Å². The van der Waals surface area contributed by atoms with Crippen LogP contribution in [0.5, 0.6) is 5.75 Å². The molecule has 0 spiro atoms. The van der Waals surface area contributed by atoms with Crippen LogP contribution in [0.25, 0.3) is 0 Å². The molecule has 0 aliphatic heterocycles. The van der Waals surface area contributed by atoms with Crippen LogP contribution in [0.3, 0.4) is 0 Å². The highest BCUT2D eigenvalue weighted by Gasteiger charge is 2.26. The van der Waals surface area contributed by atoms with Crippen LogP contribution < -0.4 is 4.74 Å². The smallest absolute Gasteiger partial charge is 0.311 e. The van der Waals surface area contributed by atoms with Gasteiger partial charge in [-0.05, 0) is 38.5 Å². The summed E-state index contributed by atoms with van der Waals surface area (Å²) in [6.45, 7) is 10.4. The second-order valence-electron chi connectivity index (χ2n) is 7.66. The Morgan fingerprint density at radius 1 is 1.08 bits per heavy atom. The van der Waals surface area contributed by atoms with E-state index in [0.29, 0.717) is 13.2 Å². The molecule has 0 saturated carbocycles. The van der Waals surface area contributed by atoms with Crippen molar-refractivity contribution in [2.45, 2.75) is 47.3 Å². The van der Waals surface area contributed by atoms with Crippen molar-refractivity contribution in [1.29, 1.82) is 0 Å². The summed E-state index contributed by atoms with van der Waals surface area (Å²) in [7, 11) is 1.63. The van der Waals surface area contributed by atoms with Crippen molar-refractivity contribution >= 4 is 5.97 Å². The van der Waals surface area contributed by atoms with Crippen molar-refractivity contribution in [3.05, 3.63) is 29.8 Å². The third-order valence-electron chi connectivity index (χ3n) is 4.06. The van der Waals surface area contributed by atoms with Gasteiger partial charge in [0.15, 0.2) is 0 Å². The van der Waals surface area contributed by atoms with Gasteiger partial charge in [-0.1, -0.05) is 26.0 Å². The summed E-state index contributed by atoms with van der Waals surface area (Å²) in [5.41, 5.74) is 0.521. The molecule has 5 nitrogen and oxygen atoms in total. The summed E-state index contributed by atoms with van der Waals surface area (Å²) in [5.74, 6) is 0.355. The molecule has 0 unspecified atom stereocenters. The van der Waals surface area contributed by atoms with E-state index in [1.807, 2.05) is 58.9 Å². The van der Waals surface area contributed by atoms with Gasteiger partial charge in [-0.2, -0.15) is 0 Å². The van der Waals surface area contributed by atoms with Crippen molar-refractivity contribution in [2.24, 2.45) is 17.3 Å². The van der Waals surface area contributed by atoms with E-state index in [9.17, 15) is 9.90 Å². The van der Waals surface area contributed by atoms with E-state index in [2.05, 4.69) is 0 Å². The molecule has 3 atom stereocenters. The first kappa shape index (κ1) is 21.5. The predicted molar refractivity (Wildman–Crippen MR) is 97.4 cm³/mol. The maximum atomic E-state index is 11.8. The van der Waals surface area contributed by atoms with Gasteiger partial charge < -0.3 is 19.3 Å². The third kappa shape index (κ3) is 7.45. The summed E-state index contributed by atoms with van der Waals surface area (Å²) < 4.78 is 16.1. The Labute approximate surface area is 151 Å². The zero-order chi connectivity index (χ0) is 19.0. The first-order chi connectivity index (χ1) is 11.6. The zero-order valence-corrected chi connectivity index (χ0v) is 16.2. The Hall–Kier alpha value is -1.59. The molecule has 0 aliphatic carbocycles. The number of ether oxygens (including phenoxy) is 3. The number of rotatable bonds is 9. The summed E-state index contributed by atoms with van der Waals surface area (Å²) >= 11 is 0. The van der Waals surface area contributed by atoms with Crippen molar-refractivity contribution in [3.63, 3.8) is 0 Å². The third-order valence-corrected chi connectivity index (χ3v) is 4.06. The number of aliphatic hydroxyl groups is 1. The van der Waals surface area contributed by atoms with Gasteiger partial charge >= 0.3 is 5.97 Å². The lowest BCUT2D eigenvalue weighted by atomic mass is 9.94. The molecular weight excluding hydrogens is 320 g/mol. The van der Waals surface area contributed by atoms with E-state index in [-0.39, 0.29) is 24.4 Å². The second kappa shape index (κ2) is 9.78. The van der Waals surface area contributed by atoms with Crippen LogP contribution in [-0.4, -0.2) is 37.5 Å². The molecule has 0 bridgehead atoms. The summed E-state index contributed by atoms with van der Waals surface area (Å²) in [5, 5.41) is 10.4. The highest BCUT2D eigenvalue weighted by molar-refractivity contribution is 5.75. The molecule has 0 saturated heterocycles. The number of benzene rings is 1. The lowest BCUT2D eigenvalue weighted by Crippen LogP contribution is -2.33. The van der Waals surface area contributed by atoms with E-state index in [1.165, 1.54) is 0 Å². The number of esters is 1. The lowest BCUT2D eigenvalue weighted by Gasteiger charge is -2.26. The molecule has 0 fully saturated rings. The van der Waals surface area contributed by atoms with Gasteiger partial charge in [0.05, 0.1) is 38.4 Å². The Bertz CT molecular complexity index is 518. The van der Waals surface area contributed by atoms with E-state index in [0.717, 1.165) is 11.3 Å². The average Bonchev–Trinajstić information content (AvgIpc) is 2.58. The number of carbonyl (C=O) groups is 1. The normalized spacial score (nSPS) is 15.3. The van der Waals surface area contributed by atoms with Crippen molar-refractivity contribution in [3.8, 4) is 5.75 Å². The van der Waals surface area contributed by atoms with Crippen LogP contribution in [0, 0.1) is 17.3 Å². The van der Waals surface area contributed by atoms with Crippen LogP contribution in [0.4, 0.5) is 0 Å². The lowest BCUT2D eigenvalue weighted by molar-refractivity contribution is -0.155. The molecule has 0 amide bonds. The van der Waals surface area contributed by atoms with E-state index in [1.54, 1.807) is 7.11 Å². The molecular formula is C20H32O5. The fourth-order valence-electron chi connectivity index (χ4n) is 2.27. The van der Waals surface area contributed by atoms with Gasteiger partial charge in [0.25, 0.3) is 0 Å². The van der Waals surface area contributed by atoms with Crippen LogP contribution in [0.2, 0.25) is 0 Å². The summed E-state index contributed by atoms with van der Waals surface area (Å²) in [4.78, 5) is 11.8. The van der Waals surface area contributed by atoms with Gasteiger partial charge in [0, 0.05) is 11.8 Å².